The summed E-state index contributed by atoms with van der Waals surface area (Å²) < 4.78 is 0. The number of halogens is 1. The predicted molar refractivity (Wildman–Crippen MR) is 93.1 cm³/mol. The van der Waals surface area contributed by atoms with Crippen LogP contribution in [0.4, 0.5) is 5.82 Å². The second kappa shape index (κ2) is 7.76. The fraction of sp³-hybridized carbons (Fsp3) is 0.600. The number of aromatic amines is 1. The van der Waals surface area contributed by atoms with Gasteiger partial charge in [-0.25, -0.2) is 4.98 Å². The normalized spacial score (nSPS) is 18.2. The van der Waals surface area contributed by atoms with Gasteiger partial charge in [0.05, 0.1) is 6.33 Å². The van der Waals surface area contributed by atoms with E-state index in [0.29, 0.717) is 36.0 Å². The van der Waals surface area contributed by atoms with Gasteiger partial charge in [0.25, 0.3) is 0 Å². The van der Waals surface area contributed by atoms with Crippen LogP contribution in [0.1, 0.15) is 26.2 Å². The zero-order valence-electron chi connectivity index (χ0n) is 13.7. The van der Waals surface area contributed by atoms with Crippen LogP contribution in [0, 0.1) is 0 Å². The highest BCUT2D eigenvalue weighted by Gasteiger charge is 2.22. The van der Waals surface area contributed by atoms with Gasteiger partial charge >= 0.3 is 0 Å². The van der Waals surface area contributed by atoms with Gasteiger partial charge < -0.3 is 15.6 Å². The van der Waals surface area contributed by atoms with Crippen molar-refractivity contribution in [1.29, 1.82) is 0 Å². The van der Waals surface area contributed by atoms with Crippen molar-refractivity contribution in [2.24, 2.45) is 0 Å². The Morgan fingerprint density at radius 2 is 2.38 bits per heavy atom. The molecule has 1 amide bonds. The number of anilines is 1. The lowest BCUT2D eigenvalue weighted by molar-refractivity contribution is -0.121. The van der Waals surface area contributed by atoms with Crippen molar-refractivity contribution in [2.45, 2.75) is 32.2 Å². The average Bonchev–Trinajstić information content (AvgIpc) is 3.21. The molecule has 2 aromatic heterocycles. The molecule has 3 N–H and O–H groups in total. The molecule has 24 heavy (non-hydrogen) atoms. The number of rotatable bonds is 7. The third-order valence-electron chi connectivity index (χ3n) is 4.34. The van der Waals surface area contributed by atoms with Crippen molar-refractivity contribution >= 4 is 34.5 Å². The molecule has 0 aromatic carbocycles. The van der Waals surface area contributed by atoms with E-state index in [2.05, 4.69) is 42.4 Å². The Balaban J connectivity index is 1.45. The minimum atomic E-state index is 0.0338. The molecule has 9 heteroatoms. The van der Waals surface area contributed by atoms with Crippen molar-refractivity contribution < 1.29 is 4.79 Å². The number of aromatic nitrogens is 4. The Kier molecular flexibility index (Phi) is 5.47. The number of amides is 1. The molecular weight excluding hydrogens is 330 g/mol. The minimum absolute atomic E-state index is 0.0338. The third-order valence-corrected chi connectivity index (χ3v) is 4.51. The fourth-order valence-electron chi connectivity index (χ4n) is 3.09. The molecule has 0 radical (unpaired) electrons. The number of fused-ring (bicyclic) bond motifs is 1. The predicted octanol–water partition coefficient (Wildman–Crippen LogP) is 1.41. The minimum Gasteiger partial charge on any atom is -0.368 e. The molecule has 0 aliphatic carbocycles. The average molecular weight is 352 g/mol. The van der Waals surface area contributed by atoms with Gasteiger partial charge in [-0.1, -0.05) is 6.92 Å². The van der Waals surface area contributed by atoms with E-state index in [1.807, 2.05) is 0 Å². The molecule has 1 unspecified atom stereocenters. The number of carbonyl (C=O) groups is 1. The summed E-state index contributed by atoms with van der Waals surface area (Å²) in [4.78, 5) is 29.6. The maximum absolute atomic E-state index is 12.0. The SMILES string of the molecule is CCN1CCCC1CNC(=O)CCNc1nc(Cl)nc2nc[nH]c12. The van der Waals surface area contributed by atoms with Gasteiger partial charge in [-0.15, -0.1) is 0 Å². The first-order chi connectivity index (χ1) is 11.7. The van der Waals surface area contributed by atoms with Gasteiger partial charge in [0.15, 0.2) is 11.5 Å². The summed E-state index contributed by atoms with van der Waals surface area (Å²) in [5.74, 6) is 0.592. The second-order valence-corrected chi connectivity index (χ2v) is 6.19. The number of hydrogen-bond acceptors (Lipinski definition) is 6. The highest BCUT2D eigenvalue weighted by Crippen LogP contribution is 2.18. The standard InChI is InChI=1S/C15H22ClN7O/c1-2-23-7-3-4-10(23)8-18-11(24)5-6-17-13-12-14(20-9-19-12)22-15(16)21-13/h9-10H,2-8H2,1H3,(H,18,24)(H2,17,19,20,21,22). The quantitative estimate of drug-likeness (QED) is 0.652. The van der Waals surface area contributed by atoms with Crippen LogP contribution in [-0.2, 0) is 4.79 Å². The number of nitrogens with one attached hydrogen (secondary N) is 3. The Hall–Kier alpha value is -1.93. The first-order valence-electron chi connectivity index (χ1n) is 8.28. The topological polar surface area (TPSA) is 98.8 Å². The largest absolute Gasteiger partial charge is 0.368 e. The van der Waals surface area contributed by atoms with Crippen molar-refractivity contribution in [3.05, 3.63) is 11.6 Å². The second-order valence-electron chi connectivity index (χ2n) is 5.85. The summed E-state index contributed by atoms with van der Waals surface area (Å²) in [6, 6.07) is 0.470. The Labute approximate surface area is 145 Å². The van der Waals surface area contributed by atoms with Gasteiger partial charge in [-0.3, -0.25) is 9.69 Å². The van der Waals surface area contributed by atoms with Crippen LogP contribution < -0.4 is 10.6 Å². The summed E-state index contributed by atoms with van der Waals surface area (Å²) in [6.45, 7) is 5.52. The van der Waals surface area contributed by atoms with Crippen LogP contribution in [0.25, 0.3) is 11.2 Å². The summed E-state index contributed by atoms with van der Waals surface area (Å²) in [5.41, 5.74) is 1.19. The van der Waals surface area contributed by atoms with E-state index < -0.39 is 0 Å². The molecular formula is C15H22ClN7O. The van der Waals surface area contributed by atoms with Crippen LogP contribution in [0.15, 0.2) is 6.33 Å². The van der Waals surface area contributed by atoms with Crippen LogP contribution in [0.2, 0.25) is 5.28 Å². The number of imidazole rings is 1. The van der Waals surface area contributed by atoms with Crippen LogP contribution >= 0.6 is 11.6 Å². The number of likely N-dealkylation sites (N-methyl/N-ethyl adjacent to an activating group) is 1. The van der Waals surface area contributed by atoms with Crippen LogP contribution in [0.5, 0.6) is 0 Å². The van der Waals surface area contributed by atoms with Crippen molar-refractivity contribution in [3.63, 3.8) is 0 Å². The molecule has 1 atom stereocenters. The number of carbonyl (C=O) groups excluding carboxylic acids is 1. The molecule has 1 saturated heterocycles. The molecule has 8 nitrogen and oxygen atoms in total. The van der Waals surface area contributed by atoms with Crippen molar-refractivity contribution in [1.82, 2.24) is 30.2 Å². The first kappa shape index (κ1) is 16.9. The summed E-state index contributed by atoms with van der Waals surface area (Å²) in [7, 11) is 0. The van der Waals surface area contributed by atoms with Gasteiger partial charge in [0.2, 0.25) is 11.2 Å². The lowest BCUT2D eigenvalue weighted by atomic mass is 10.2. The maximum Gasteiger partial charge on any atom is 0.226 e. The molecule has 0 spiro atoms. The van der Waals surface area contributed by atoms with Gasteiger partial charge in [-0.2, -0.15) is 9.97 Å². The van der Waals surface area contributed by atoms with Crippen LogP contribution in [0.3, 0.4) is 0 Å². The molecule has 3 rings (SSSR count). The van der Waals surface area contributed by atoms with E-state index in [9.17, 15) is 4.79 Å². The van der Waals surface area contributed by atoms with Crippen molar-refractivity contribution in [3.8, 4) is 0 Å². The molecule has 0 saturated carbocycles. The van der Waals surface area contributed by atoms with Gasteiger partial charge in [0.1, 0.15) is 5.52 Å². The fourth-order valence-corrected chi connectivity index (χ4v) is 3.26. The molecule has 3 heterocycles. The third kappa shape index (κ3) is 3.93. The number of nitrogens with zero attached hydrogens (tertiary/aromatic N) is 4. The zero-order chi connectivity index (χ0) is 16.9. The summed E-state index contributed by atoms with van der Waals surface area (Å²) in [5, 5.41) is 6.26. The smallest absolute Gasteiger partial charge is 0.226 e. The van der Waals surface area contributed by atoms with E-state index in [-0.39, 0.29) is 11.2 Å². The highest BCUT2D eigenvalue weighted by molar-refractivity contribution is 6.28. The number of H-pyrrole nitrogens is 1. The summed E-state index contributed by atoms with van der Waals surface area (Å²) >= 11 is 5.87. The Bertz CT molecular complexity index is 704. The lowest BCUT2D eigenvalue weighted by Gasteiger charge is -2.22. The molecule has 1 aliphatic heterocycles. The summed E-state index contributed by atoms with van der Waals surface area (Å²) in [6.07, 6.45) is 4.28. The van der Waals surface area contributed by atoms with Crippen molar-refractivity contribution in [2.75, 3.05) is 31.5 Å². The molecule has 1 fully saturated rings. The van der Waals surface area contributed by atoms with E-state index in [1.165, 1.54) is 12.7 Å². The number of hydrogen-bond donors (Lipinski definition) is 3. The van der Waals surface area contributed by atoms with E-state index in [4.69, 9.17) is 11.6 Å². The maximum atomic E-state index is 12.0. The van der Waals surface area contributed by atoms with Gasteiger partial charge in [0, 0.05) is 25.6 Å². The molecule has 0 bridgehead atoms. The molecule has 2 aromatic rings. The van der Waals surface area contributed by atoms with E-state index in [0.717, 1.165) is 26.1 Å². The zero-order valence-corrected chi connectivity index (χ0v) is 14.4. The Morgan fingerprint density at radius 3 is 3.21 bits per heavy atom. The van der Waals surface area contributed by atoms with Crippen LogP contribution in [-0.4, -0.2) is 63.0 Å². The first-order valence-corrected chi connectivity index (χ1v) is 8.66. The Morgan fingerprint density at radius 1 is 1.50 bits per heavy atom. The van der Waals surface area contributed by atoms with E-state index >= 15 is 0 Å². The van der Waals surface area contributed by atoms with Gasteiger partial charge in [-0.05, 0) is 37.5 Å². The highest BCUT2D eigenvalue weighted by atomic mass is 35.5. The molecule has 1 aliphatic rings. The lowest BCUT2D eigenvalue weighted by Crippen LogP contribution is -2.40. The van der Waals surface area contributed by atoms with E-state index in [1.54, 1.807) is 0 Å². The monoisotopic (exact) mass is 351 g/mol. The molecule has 130 valence electrons. The number of likely N-dealkylation sites (tertiary alicyclic amines) is 1.